The minimum absolute atomic E-state index is 0.0570. The number of benzene rings is 1. The molecule has 7 heteroatoms. The number of allylic oxidation sites excluding steroid dienone is 2. The minimum Gasteiger partial charge on any atom is -0.223 e. The molecule has 0 N–H and O–H groups in total. The van der Waals surface area contributed by atoms with Crippen molar-refractivity contribution < 1.29 is 16.8 Å². The zero-order chi connectivity index (χ0) is 15.9. The summed E-state index contributed by atoms with van der Waals surface area (Å²) in [5.74, 6) is 0. The Hall–Kier alpha value is -1.11. The van der Waals surface area contributed by atoms with Crippen molar-refractivity contribution in [2.75, 3.05) is 0 Å². The molecular formula is C14H15ClO4S2. The van der Waals surface area contributed by atoms with E-state index < -0.39 is 23.6 Å². The highest BCUT2D eigenvalue weighted by Gasteiger charge is 2.40. The van der Waals surface area contributed by atoms with Crippen LogP contribution in [0.4, 0.5) is 0 Å². The lowest BCUT2D eigenvalue weighted by atomic mass is 10.0. The van der Waals surface area contributed by atoms with E-state index in [0.717, 1.165) is 0 Å². The molecular weight excluding hydrogens is 332 g/mol. The Morgan fingerprint density at radius 2 is 1.76 bits per heavy atom. The Bertz CT molecular complexity index is 835. The van der Waals surface area contributed by atoms with Crippen LogP contribution in [0.5, 0.6) is 0 Å². The summed E-state index contributed by atoms with van der Waals surface area (Å²) in [6, 6.07) is 6.72. The van der Waals surface area contributed by atoms with Gasteiger partial charge < -0.3 is 0 Å². The van der Waals surface area contributed by atoms with Crippen LogP contribution in [0.1, 0.15) is 18.9 Å². The highest BCUT2D eigenvalue weighted by molar-refractivity contribution is 8.17. The molecule has 0 saturated carbocycles. The van der Waals surface area contributed by atoms with E-state index in [4.69, 9.17) is 10.7 Å². The molecule has 0 heterocycles. The first kappa shape index (κ1) is 16.3. The Labute approximate surface area is 129 Å². The van der Waals surface area contributed by atoms with Crippen LogP contribution >= 0.6 is 10.7 Å². The second kappa shape index (κ2) is 5.26. The maximum atomic E-state index is 12.8. The predicted octanol–water partition coefficient (Wildman–Crippen LogP) is 2.94. The van der Waals surface area contributed by atoms with Gasteiger partial charge in [0.15, 0.2) is 9.84 Å². The molecule has 0 aromatic heterocycles. The summed E-state index contributed by atoms with van der Waals surface area (Å²) >= 11 is 0. The fourth-order valence-corrected chi connectivity index (χ4v) is 4.85. The lowest BCUT2D eigenvalue weighted by Gasteiger charge is -2.28. The molecule has 1 aliphatic rings. The van der Waals surface area contributed by atoms with Gasteiger partial charge in [0.25, 0.3) is 9.05 Å². The number of rotatable bonds is 3. The quantitative estimate of drug-likeness (QED) is 0.789. The van der Waals surface area contributed by atoms with Crippen molar-refractivity contribution in [1.29, 1.82) is 0 Å². The summed E-state index contributed by atoms with van der Waals surface area (Å²) in [7, 11) is -2.21. The Balaban J connectivity index is 2.47. The van der Waals surface area contributed by atoms with Crippen molar-refractivity contribution >= 4 is 29.6 Å². The van der Waals surface area contributed by atoms with Gasteiger partial charge in [-0.15, -0.1) is 0 Å². The van der Waals surface area contributed by atoms with Crippen molar-refractivity contribution in [3.8, 4) is 0 Å². The topological polar surface area (TPSA) is 68.3 Å². The molecule has 0 spiro atoms. The summed E-state index contributed by atoms with van der Waals surface area (Å²) < 4.78 is 47.0. The third-order valence-corrected chi connectivity index (χ3v) is 7.56. The molecule has 114 valence electrons. The van der Waals surface area contributed by atoms with Crippen LogP contribution in [0, 0.1) is 6.92 Å². The second-order valence-electron chi connectivity index (χ2n) is 5.16. The normalized spacial score (nSPS) is 22.9. The zero-order valence-corrected chi connectivity index (χ0v) is 14.0. The zero-order valence-electron chi connectivity index (χ0n) is 11.6. The maximum Gasteiger partial charge on any atom is 0.260 e. The molecule has 0 aliphatic heterocycles. The molecule has 1 atom stereocenters. The van der Waals surface area contributed by atoms with E-state index in [9.17, 15) is 16.8 Å². The van der Waals surface area contributed by atoms with E-state index in [2.05, 4.69) is 0 Å². The van der Waals surface area contributed by atoms with Crippen molar-refractivity contribution in [2.45, 2.75) is 29.9 Å². The van der Waals surface area contributed by atoms with Crippen LogP contribution in [0.15, 0.2) is 52.3 Å². The van der Waals surface area contributed by atoms with Gasteiger partial charge in [0, 0.05) is 10.7 Å². The molecule has 2 rings (SSSR count). The predicted molar refractivity (Wildman–Crippen MR) is 83.4 cm³/mol. The van der Waals surface area contributed by atoms with Crippen molar-refractivity contribution in [3.63, 3.8) is 0 Å². The Morgan fingerprint density at radius 1 is 1.14 bits per heavy atom. The first-order valence-electron chi connectivity index (χ1n) is 6.22. The highest BCUT2D eigenvalue weighted by Crippen LogP contribution is 2.36. The van der Waals surface area contributed by atoms with Gasteiger partial charge in [-0.1, -0.05) is 30.4 Å². The molecule has 0 bridgehead atoms. The number of hydrogen-bond donors (Lipinski definition) is 0. The maximum absolute atomic E-state index is 12.8. The van der Waals surface area contributed by atoms with E-state index in [1.54, 1.807) is 38.1 Å². The van der Waals surface area contributed by atoms with E-state index in [-0.39, 0.29) is 16.2 Å². The molecule has 4 nitrogen and oxygen atoms in total. The third-order valence-electron chi connectivity index (χ3n) is 3.59. The van der Waals surface area contributed by atoms with Crippen molar-refractivity contribution in [2.24, 2.45) is 0 Å². The molecule has 21 heavy (non-hydrogen) atoms. The van der Waals surface area contributed by atoms with Gasteiger partial charge in [0.1, 0.15) is 0 Å². The van der Waals surface area contributed by atoms with E-state index in [0.29, 0.717) is 5.56 Å². The minimum atomic E-state index is -3.84. The van der Waals surface area contributed by atoms with Gasteiger partial charge in [-0.3, -0.25) is 0 Å². The number of aryl methyl sites for hydroxylation is 1. The van der Waals surface area contributed by atoms with Crippen LogP contribution in [-0.2, 0) is 18.9 Å². The average Bonchev–Trinajstić information content (AvgIpc) is 2.38. The van der Waals surface area contributed by atoms with Crippen LogP contribution in [0.2, 0.25) is 0 Å². The lowest BCUT2D eigenvalue weighted by Crippen LogP contribution is -2.34. The first-order chi connectivity index (χ1) is 9.58. The van der Waals surface area contributed by atoms with Gasteiger partial charge in [0.2, 0.25) is 0 Å². The third kappa shape index (κ3) is 2.93. The van der Waals surface area contributed by atoms with Crippen LogP contribution in [0.25, 0.3) is 0 Å². The summed E-state index contributed by atoms with van der Waals surface area (Å²) in [5.41, 5.74) is 0.659. The SMILES string of the molecule is Cc1ccccc1S(=O)(=O)C1(C)C=CC(S(=O)(=O)Cl)=CC1. The van der Waals surface area contributed by atoms with E-state index in [1.807, 2.05) is 0 Å². The van der Waals surface area contributed by atoms with Gasteiger partial charge >= 0.3 is 0 Å². The van der Waals surface area contributed by atoms with Gasteiger partial charge in [-0.2, -0.15) is 0 Å². The number of hydrogen-bond acceptors (Lipinski definition) is 4. The molecule has 1 aliphatic carbocycles. The van der Waals surface area contributed by atoms with Gasteiger partial charge in [0.05, 0.1) is 14.5 Å². The standard InChI is InChI=1S/C14H15ClO4S2/c1-11-5-3-4-6-13(11)20(16,17)14(2)9-7-12(8-10-14)21(15,18)19/h3-9H,10H2,1-2H3. The second-order valence-corrected chi connectivity index (χ2v) is 10.1. The molecule has 1 unspecified atom stereocenters. The molecule has 1 aromatic rings. The van der Waals surface area contributed by atoms with Crippen LogP contribution in [-0.4, -0.2) is 21.6 Å². The van der Waals surface area contributed by atoms with Crippen LogP contribution < -0.4 is 0 Å². The first-order valence-corrected chi connectivity index (χ1v) is 10.0. The number of sulfone groups is 1. The summed E-state index contributed by atoms with van der Waals surface area (Å²) in [6.07, 6.45) is 4.05. The fourth-order valence-electron chi connectivity index (χ4n) is 2.19. The van der Waals surface area contributed by atoms with Crippen LogP contribution in [0.3, 0.4) is 0 Å². The molecule has 0 saturated heterocycles. The van der Waals surface area contributed by atoms with E-state index in [1.165, 1.54) is 18.2 Å². The van der Waals surface area contributed by atoms with Crippen molar-refractivity contribution in [3.05, 3.63) is 53.0 Å². The molecule has 1 aromatic carbocycles. The highest BCUT2D eigenvalue weighted by atomic mass is 35.7. The van der Waals surface area contributed by atoms with Gasteiger partial charge in [-0.25, -0.2) is 16.8 Å². The molecule has 0 amide bonds. The Kier molecular flexibility index (Phi) is 4.08. The molecule has 0 fully saturated rings. The fraction of sp³-hybridized carbons (Fsp3) is 0.286. The monoisotopic (exact) mass is 346 g/mol. The Morgan fingerprint density at radius 3 is 2.24 bits per heavy atom. The largest absolute Gasteiger partial charge is 0.260 e. The number of halogens is 1. The van der Waals surface area contributed by atoms with Gasteiger partial charge in [-0.05, 0) is 38.0 Å². The molecule has 0 radical (unpaired) electrons. The summed E-state index contributed by atoms with van der Waals surface area (Å²) in [6.45, 7) is 3.30. The average molecular weight is 347 g/mol. The lowest BCUT2D eigenvalue weighted by molar-refractivity contribution is 0.561. The van der Waals surface area contributed by atoms with E-state index >= 15 is 0 Å². The van der Waals surface area contributed by atoms with Crippen molar-refractivity contribution in [1.82, 2.24) is 0 Å². The summed E-state index contributed by atoms with van der Waals surface area (Å²) in [5, 5.41) is 0. The smallest absolute Gasteiger partial charge is 0.223 e. The summed E-state index contributed by atoms with van der Waals surface area (Å²) in [4.78, 5) is 0.185.